The first-order chi connectivity index (χ1) is 10.0. The minimum Gasteiger partial charge on any atom is -0.325 e. The van der Waals surface area contributed by atoms with Gasteiger partial charge in [0.05, 0.1) is 6.54 Å². The monoisotopic (exact) mass is 410 g/mol. The molecule has 0 aromatic heterocycles. The second-order valence-corrected chi connectivity index (χ2v) is 6.55. The second kappa shape index (κ2) is 7.73. The zero-order chi connectivity index (χ0) is 15.2. The van der Waals surface area contributed by atoms with Crippen LogP contribution in [-0.4, -0.2) is 12.5 Å². The normalized spacial score (nSPS) is 12.0. The van der Waals surface area contributed by atoms with E-state index in [1.54, 1.807) is 0 Å². The minimum atomic E-state index is -0.0602. The van der Waals surface area contributed by atoms with E-state index in [0.717, 1.165) is 20.2 Å². The fraction of sp³-hybridized carbons (Fsp3) is 0.188. The van der Waals surface area contributed by atoms with Gasteiger partial charge in [0.2, 0.25) is 5.91 Å². The molecule has 3 nitrogen and oxygen atoms in total. The number of carbonyl (C=O) groups is 1. The number of carbonyl (C=O) groups excluding carboxylic acids is 1. The summed E-state index contributed by atoms with van der Waals surface area (Å²) in [6.45, 7) is 2.30. The van der Waals surface area contributed by atoms with Crippen LogP contribution in [0.15, 0.2) is 57.5 Å². The maximum absolute atomic E-state index is 11.9. The number of hydrogen-bond donors (Lipinski definition) is 2. The summed E-state index contributed by atoms with van der Waals surface area (Å²) in [4.78, 5) is 11.9. The Bertz CT molecular complexity index is 631. The third kappa shape index (κ3) is 5.26. The Morgan fingerprint density at radius 1 is 1.10 bits per heavy atom. The Kier molecular flexibility index (Phi) is 5.96. The molecule has 0 saturated carbocycles. The number of rotatable bonds is 5. The van der Waals surface area contributed by atoms with Crippen LogP contribution >= 0.6 is 31.9 Å². The average Bonchev–Trinajstić information content (AvgIpc) is 2.45. The lowest BCUT2D eigenvalue weighted by Crippen LogP contribution is -2.30. The summed E-state index contributed by atoms with van der Waals surface area (Å²) in [6, 6.07) is 15.7. The third-order valence-corrected chi connectivity index (χ3v) is 4.01. The smallest absolute Gasteiger partial charge is 0.238 e. The van der Waals surface area contributed by atoms with Gasteiger partial charge >= 0.3 is 0 Å². The lowest BCUT2D eigenvalue weighted by molar-refractivity contribution is -0.115. The summed E-state index contributed by atoms with van der Waals surface area (Å²) in [5, 5.41) is 6.08. The summed E-state index contributed by atoms with van der Waals surface area (Å²) in [5.41, 5.74) is 1.92. The highest BCUT2D eigenvalue weighted by Gasteiger charge is 2.08. The fourth-order valence-corrected chi connectivity index (χ4v) is 2.73. The van der Waals surface area contributed by atoms with Crippen LogP contribution in [0.25, 0.3) is 0 Å². The van der Waals surface area contributed by atoms with Crippen molar-refractivity contribution in [3.63, 3.8) is 0 Å². The van der Waals surface area contributed by atoms with Gasteiger partial charge in [0.1, 0.15) is 0 Å². The van der Waals surface area contributed by atoms with Crippen molar-refractivity contribution in [2.24, 2.45) is 0 Å². The van der Waals surface area contributed by atoms with Crippen molar-refractivity contribution in [3.8, 4) is 0 Å². The van der Waals surface area contributed by atoms with E-state index in [2.05, 4.69) is 42.5 Å². The van der Waals surface area contributed by atoms with Crippen LogP contribution in [0.3, 0.4) is 0 Å². The molecule has 0 aliphatic carbocycles. The number of amides is 1. The maximum atomic E-state index is 11.9. The van der Waals surface area contributed by atoms with E-state index in [1.807, 2.05) is 55.5 Å². The Hall–Kier alpha value is -1.17. The predicted molar refractivity (Wildman–Crippen MR) is 93.3 cm³/mol. The number of benzene rings is 2. The number of nitrogens with one attached hydrogen (secondary N) is 2. The highest BCUT2D eigenvalue weighted by atomic mass is 79.9. The number of halogens is 2. The summed E-state index contributed by atoms with van der Waals surface area (Å²) in [5.74, 6) is -0.0602. The molecule has 1 atom stereocenters. The fourth-order valence-electron chi connectivity index (χ4n) is 1.91. The first-order valence-corrected chi connectivity index (χ1v) is 8.17. The minimum absolute atomic E-state index is 0.0602. The predicted octanol–water partition coefficient (Wildman–Crippen LogP) is 4.50. The van der Waals surface area contributed by atoms with Gasteiger partial charge in [0.25, 0.3) is 0 Å². The van der Waals surface area contributed by atoms with E-state index in [0.29, 0.717) is 0 Å². The highest BCUT2D eigenvalue weighted by Crippen LogP contribution is 2.18. The van der Waals surface area contributed by atoms with Gasteiger partial charge in [-0.3, -0.25) is 4.79 Å². The first kappa shape index (κ1) is 16.2. The molecule has 2 N–H and O–H groups in total. The number of anilines is 1. The van der Waals surface area contributed by atoms with Crippen LogP contribution in [0, 0.1) is 0 Å². The van der Waals surface area contributed by atoms with Crippen molar-refractivity contribution in [2.45, 2.75) is 13.0 Å². The largest absolute Gasteiger partial charge is 0.325 e. The van der Waals surface area contributed by atoms with E-state index in [1.165, 1.54) is 0 Å². The van der Waals surface area contributed by atoms with Gasteiger partial charge in [-0.25, -0.2) is 0 Å². The molecule has 21 heavy (non-hydrogen) atoms. The van der Waals surface area contributed by atoms with Crippen molar-refractivity contribution in [1.29, 1.82) is 0 Å². The van der Waals surface area contributed by atoms with Crippen LogP contribution in [0.2, 0.25) is 0 Å². The van der Waals surface area contributed by atoms with E-state index in [9.17, 15) is 4.79 Å². The molecular formula is C16H16Br2N2O. The average molecular weight is 412 g/mol. The molecule has 2 rings (SSSR count). The second-order valence-electron chi connectivity index (χ2n) is 4.72. The van der Waals surface area contributed by atoms with E-state index >= 15 is 0 Å². The molecule has 0 radical (unpaired) electrons. The van der Waals surface area contributed by atoms with E-state index in [-0.39, 0.29) is 18.5 Å². The standard InChI is InChI=1S/C16H16Br2N2O/c1-11(12-4-2-5-13(17)8-12)19-10-16(21)20-15-7-3-6-14(18)9-15/h2-9,11,19H,10H2,1H3,(H,20,21)/t11-/m0/s1. The Labute approximate surface area is 141 Å². The van der Waals surface area contributed by atoms with Gasteiger partial charge in [-0.1, -0.05) is 50.1 Å². The molecule has 0 fully saturated rings. The van der Waals surface area contributed by atoms with Crippen molar-refractivity contribution in [2.75, 3.05) is 11.9 Å². The van der Waals surface area contributed by atoms with Crippen LogP contribution < -0.4 is 10.6 Å². The first-order valence-electron chi connectivity index (χ1n) is 6.59. The lowest BCUT2D eigenvalue weighted by atomic mass is 10.1. The van der Waals surface area contributed by atoms with E-state index < -0.39 is 0 Å². The Morgan fingerprint density at radius 2 is 1.76 bits per heavy atom. The zero-order valence-corrected chi connectivity index (χ0v) is 14.7. The van der Waals surface area contributed by atoms with Gasteiger partial charge in [0, 0.05) is 20.7 Å². The Morgan fingerprint density at radius 3 is 2.43 bits per heavy atom. The quantitative estimate of drug-likeness (QED) is 0.760. The molecule has 2 aromatic carbocycles. The molecule has 0 aliphatic rings. The van der Waals surface area contributed by atoms with Crippen LogP contribution in [0.1, 0.15) is 18.5 Å². The van der Waals surface area contributed by atoms with Gasteiger partial charge in [-0.05, 0) is 42.8 Å². The maximum Gasteiger partial charge on any atom is 0.238 e. The van der Waals surface area contributed by atoms with Gasteiger partial charge in [0.15, 0.2) is 0 Å². The van der Waals surface area contributed by atoms with Crippen molar-refractivity contribution in [1.82, 2.24) is 5.32 Å². The molecule has 1 amide bonds. The molecule has 0 spiro atoms. The summed E-state index contributed by atoms with van der Waals surface area (Å²) < 4.78 is 1.98. The highest BCUT2D eigenvalue weighted by molar-refractivity contribution is 9.10. The van der Waals surface area contributed by atoms with Gasteiger partial charge in [-0.15, -0.1) is 0 Å². The zero-order valence-electron chi connectivity index (χ0n) is 11.6. The van der Waals surface area contributed by atoms with Gasteiger partial charge < -0.3 is 10.6 Å². The molecule has 2 aromatic rings. The van der Waals surface area contributed by atoms with Crippen molar-refractivity contribution in [3.05, 3.63) is 63.0 Å². The Balaban J connectivity index is 1.86. The molecule has 0 bridgehead atoms. The van der Waals surface area contributed by atoms with Crippen molar-refractivity contribution >= 4 is 43.5 Å². The SMILES string of the molecule is C[C@H](NCC(=O)Nc1cccc(Br)c1)c1cccc(Br)c1. The van der Waals surface area contributed by atoms with E-state index in [4.69, 9.17) is 0 Å². The van der Waals surface area contributed by atoms with Crippen LogP contribution in [-0.2, 0) is 4.79 Å². The summed E-state index contributed by atoms with van der Waals surface area (Å²) >= 11 is 6.83. The third-order valence-electron chi connectivity index (χ3n) is 3.03. The topological polar surface area (TPSA) is 41.1 Å². The molecule has 0 heterocycles. The number of hydrogen-bond acceptors (Lipinski definition) is 2. The molecule has 0 saturated heterocycles. The molecule has 0 aliphatic heterocycles. The van der Waals surface area contributed by atoms with Crippen LogP contribution in [0.4, 0.5) is 5.69 Å². The van der Waals surface area contributed by atoms with Gasteiger partial charge in [-0.2, -0.15) is 0 Å². The molecule has 0 unspecified atom stereocenters. The summed E-state index contributed by atoms with van der Waals surface area (Å²) in [6.07, 6.45) is 0. The van der Waals surface area contributed by atoms with Crippen LogP contribution in [0.5, 0.6) is 0 Å². The van der Waals surface area contributed by atoms with Crippen molar-refractivity contribution < 1.29 is 4.79 Å². The lowest BCUT2D eigenvalue weighted by Gasteiger charge is -2.14. The molecule has 110 valence electrons. The summed E-state index contributed by atoms with van der Waals surface area (Å²) in [7, 11) is 0. The molecular weight excluding hydrogens is 396 g/mol. The molecule has 5 heteroatoms.